The molecule has 1 aromatic rings. The Hall–Kier alpha value is -2.77. The number of nitrogens with two attached hydrogens (primary N) is 3. The van der Waals surface area contributed by atoms with Gasteiger partial charge in [0.2, 0.25) is 0 Å². The summed E-state index contributed by atoms with van der Waals surface area (Å²) in [4.78, 5) is 17.5. The summed E-state index contributed by atoms with van der Waals surface area (Å²) >= 11 is 0. The van der Waals surface area contributed by atoms with Gasteiger partial charge in [0.05, 0.1) is 5.70 Å². The van der Waals surface area contributed by atoms with Gasteiger partial charge in [-0.3, -0.25) is 0 Å². The van der Waals surface area contributed by atoms with Crippen LogP contribution in [0.2, 0.25) is 0 Å². The first-order valence-electron chi connectivity index (χ1n) is 6.88. The maximum atomic E-state index is 13.9. The van der Waals surface area contributed by atoms with Crippen molar-refractivity contribution in [1.82, 2.24) is 4.90 Å². The van der Waals surface area contributed by atoms with Crippen LogP contribution in [0.25, 0.3) is 5.70 Å². The van der Waals surface area contributed by atoms with Gasteiger partial charge in [0, 0.05) is 30.5 Å². The van der Waals surface area contributed by atoms with Crippen LogP contribution in [0.4, 0.5) is 14.9 Å². The third-order valence-electron chi connectivity index (χ3n) is 3.29. The van der Waals surface area contributed by atoms with E-state index in [-0.39, 0.29) is 23.3 Å². The van der Waals surface area contributed by atoms with Gasteiger partial charge in [-0.1, -0.05) is 0 Å². The minimum absolute atomic E-state index is 0.0924. The zero-order valence-electron chi connectivity index (χ0n) is 12.1. The van der Waals surface area contributed by atoms with E-state index in [2.05, 4.69) is 10.3 Å². The van der Waals surface area contributed by atoms with Gasteiger partial charge in [-0.05, 0) is 31.0 Å². The van der Waals surface area contributed by atoms with E-state index in [0.29, 0.717) is 5.69 Å². The molecule has 1 aromatic carbocycles. The fourth-order valence-corrected chi connectivity index (χ4v) is 2.25. The number of hydrogen-bond donors (Lipinski definition) is 4. The van der Waals surface area contributed by atoms with Gasteiger partial charge in [0.25, 0.3) is 0 Å². The summed E-state index contributed by atoms with van der Waals surface area (Å²) in [5, 5.41) is 2.73. The number of carbonyl (C=O) groups is 1. The molecule has 1 heterocycles. The monoisotopic (exact) mass is 306 g/mol. The van der Waals surface area contributed by atoms with E-state index in [1.807, 2.05) is 0 Å². The Morgan fingerprint density at radius 1 is 1.32 bits per heavy atom. The summed E-state index contributed by atoms with van der Waals surface area (Å²) in [5.41, 5.74) is 16.7. The molecule has 0 aliphatic carbocycles. The van der Waals surface area contributed by atoms with Crippen LogP contribution in [-0.4, -0.2) is 30.0 Å². The van der Waals surface area contributed by atoms with Crippen LogP contribution in [0.15, 0.2) is 29.4 Å². The number of carbonyl (C=O) groups excluding carboxylic acids is 1. The lowest BCUT2D eigenvalue weighted by Crippen LogP contribution is -2.32. The van der Waals surface area contributed by atoms with Gasteiger partial charge < -0.3 is 27.4 Å². The van der Waals surface area contributed by atoms with E-state index >= 15 is 0 Å². The number of benzene rings is 1. The van der Waals surface area contributed by atoms with Crippen LogP contribution in [0, 0.1) is 5.82 Å². The van der Waals surface area contributed by atoms with Crippen molar-refractivity contribution >= 4 is 23.4 Å². The van der Waals surface area contributed by atoms with E-state index in [1.165, 1.54) is 18.2 Å². The van der Waals surface area contributed by atoms with Crippen LogP contribution in [-0.2, 0) is 0 Å². The zero-order valence-corrected chi connectivity index (χ0v) is 12.1. The number of likely N-dealkylation sites (tertiary alicyclic amines) is 1. The molecule has 1 fully saturated rings. The molecule has 2 rings (SSSR count). The molecule has 8 heteroatoms. The molecule has 0 bridgehead atoms. The summed E-state index contributed by atoms with van der Waals surface area (Å²) in [6.07, 6.45) is 3.09. The van der Waals surface area contributed by atoms with Crippen molar-refractivity contribution in [1.29, 1.82) is 0 Å². The SMILES string of the molecule is N/C=C(\N=C(N)N)c1cc(NC(=O)N2CCCC2)ccc1F. The summed E-state index contributed by atoms with van der Waals surface area (Å²) in [5.74, 6) is -0.775. The molecule has 0 radical (unpaired) electrons. The second kappa shape index (κ2) is 6.79. The second-order valence-electron chi connectivity index (χ2n) is 4.91. The molecule has 1 aliphatic heterocycles. The molecule has 22 heavy (non-hydrogen) atoms. The predicted octanol–water partition coefficient (Wildman–Crippen LogP) is 0.984. The van der Waals surface area contributed by atoms with Gasteiger partial charge in [0.15, 0.2) is 5.96 Å². The first-order chi connectivity index (χ1) is 10.5. The van der Waals surface area contributed by atoms with E-state index in [0.717, 1.165) is 32.1 Å². The van der Waals surface area contributed by atoms with Crippen molar-refractivity contribution in [3.63, 3.8) is 0 Å². The highest BCUT2D eigenvalue weighted by molar-refractivity contribution is 5.90. The van der Waals surface area contributed by atoms with Crippen LogP contribution in [0.5, 0.6) is 0 Å². The number of guanidine groups is 1. The summed E-state index contributed by atoms with van der Waals surface area (Å²) < 4.78 is 13.9. The largest absolute Gasteiger partial charge is 0.403 e. The molecule has 7 nitrogen and oxygen atoms in total. The summed E-state index contributed by atoms with van der Waals surface area (Å²) in [7, 11) is 0. The number of urea groups is 1. The minimum atomic E-state index is -0.541. The van der Waals surface area contributed by atoms with Crippen molar-refractivity contribution < 1.29 is 9.18 Å². The predicted molar refractivity (Wildman–Crippen MR) is 84.2 cm³/mol. The molecular weight excluding hydrogens is 287 g/mol. The summed E-state index contributed by atoms with van der Waals surface area (Å²) in [6.45, 7) is 1.45. The first-order valence-corrected chi connectivity index (χ1v) is 6.88. The fourth-order valence-electron chi connectivity index (χ4n) is 2.25. The lowest BCUT2D eigenvalue weighted by Gasteiger charge is -2.16. The maximum Gasteiger partial charge on any atom is 0.321 e. The standard InChI is InChI=1S/C14H19FN6O/c15-11-4-3-9(19-14(22)21-5-1-2-6-21)7-10(11)12(8-16)20-13(17)18/h3-4,7-8H,1-2,5-6,16H2,(H,19,22)(H4,17,18,20)/b12-8-. The average Bonchev–Trinajstić information content (AvgIpc) is 3.01. The van der Waals surface area contributed by atoms with Crippen molar-refractivity contribution in [2.24, 2.45) is 22.2 Å². The van der Waals surface area contributed by atoms with Gasteiger partial charge in [0.1, 0.15) is 5.82 Å². The van der Waals surface area contributed by atoms with E-state index < -0.39 is 5.82 Å². The van der Waals surface area contributed by atoms with E-state index in [1.54, 1.807) is 4.90 Å². The number of anilines is 1. The lowest BCUT2D eigenvalue weighted by molar-refractivity contribution is 0.222. The number of halogens is 1. The number of amides is 2. The average molecular weight is 306 g/mol. The molecule has 2 amide bonds. The molecule has 0 aromatic heterocycles. The molecule has 1 aliphatic rings. The Bertz CT molecular complexity index is 618. The minimum Gasteiger partial charge on any atom is -0.403 e. The second-order valence-corrected chi connectivity index (χ2v) is 4.91. The number of aliphatic imine (C=N–C) groups is 1. The fraction of sp³-hybridized carbons (Fsp3) is 0.286. The maximum absolute atomic E-state index is 13.9. The van der Waals surface area contributed by atoms with Crippen molar-refractivity contribution in [2.75, 3.05) is 18.4 Å². The van der Waals surface area contributed by atoms with Gasteiger partial charge in [-0.15, -0.1) is 0 Å². The highest BCUT2D eigenvalue weighted by Crippen LogP contribution is 2.23. The zero-order chi connectivity index (χ0) is 16.1. The molecule has 0 unspecified atom stereocenters. The van der Waals surface area contributed by atoms with Gasteiger partial charge >= 0.3 is 6.03 Å². The molecule has 7 N–H and O–H groups in total. The number of nitrogens with one attached hydrogen (secondary N) is 1. The quantitative estimate of drug-likeness (QED) is 0.491. The van der Waals surface area contributed by atoms with Crippen molar-refractivity contribution in [3.8, 4) is 0 Å². The number of rotatable bonds is 3. The molecule has 1 saturated heterocycles. The van der Waals surface area contributed by atoms with Crippen LogP contribution in [0.3, 0.4) is 0 Å². The van der Waals surface area contributed by atoms with E-state index in [9.17, 15) is 9.18 Å². The van der Waals surface area contributed by atoms with Crippen LogP contribution < -0.4 is 22.5 Å². The lowest BCUT2D eigenvalue weighted by atomic mass is 10.1. The molecular formula is C14H19FN6O. The van der Waals surface area contributed by atoms with Crippen molar-refractivity contribution in [2.45, 2.75) is 12.8 Å². The third-order valence-corrected chi connectivity index (χ3v) is 3.29. The Balaban J connectivity index is 2.22. The van der Waals surface area contributed by atoms with Crippen LogP contribution >= 0.6 is 0 Å². The Morgan fingerprint density at radius 2 is 2.00 bits per heavy atom. The molecule has 0 spiro atoms. The highest BCUT2D eigenvalue weighted by Gasteiger charge is 2.18. The Kier molecular flexibility index (Phi) is 4.82. The smallest absolute Gasteiger partial charge is 0.321 e. The highest BCUT2D eigenvalue weighted by atomic mass is 19.1. The third kappa shape index (κ3) is 3.66. The Morgan fingerprint density at radius 3 is 2.59 bits per heavy atom. The summed E-state index contributed by atoms with van der Waals surface area (Å²) in [6, 6.07) is 3.92. The van der Waals surface area contributed by atoms with Crippen LogP contribution in [0.1, 0.15) is 18.4 Å². The number of nitrogens with zero attached hydrogens (tertiary/aromatic N) is 2. The molecule has 0 saturated carbocycles. The topological polar surface area (TPSA) is 123 Å². The Labute approximate surface area is 127 Å². The first kappa shape index (κ1) is 15.6. The molecule has 118 valence electrons. The van der Waals surface area contributed by atoms with Crippen molar-refractivity contribution in [3.05, 3.63) is 35.8 Å². The van der Waals surface area contributed by atoms with Gasteiger partial charge in [-0.2, -0.15) is 0 Å². The van der Waals surface area contributed by atoms with E-state index in [4.69, 9.17) is 17.2 Å². The normalized spacial score (nSPS) is 14.8. The molecule has 0 atom stereocenters. The number of hydrogen-bond acceptors (Lipinski definition) is 3. The van der Waals surface area contributed by atoms with Gasteiger partial charge in [-0.25, -0.2) is 14.2 Å².